The SMILES string of the molecule is CSC(=Nc1ccc(OC(F)(F)F)cc1C(=O)O)NC#N. The van der Waals surface area contributed by atoms with Gasteiger partial charge in [-0.25, -0.2) is 9.79 Å². The van der Waals surface area contributed by atoms with Gasteiger partial charge in [-0.05, 0) is 24.5 Å². The fraction of sp³-hybridized carbons (Fsp3) is 0.182. The number of thioether (sulfide) groups is 1. The summed E-state index contributed by atoms with van der Waals surface area (Å²) in [7, 11) is 0. The largest absolute Gasteiger partial charge is 0.573 e. The molecule has 0 spiro atoms. The maximum atomic E-state index is 12.1. The van der Waals surface area contributed by atoms with Crippen molar-refractivity contribution < 1.29 is 27.8 Å². The molecule has 0 radical (unpaired) electrons. The number of ether oxygens (including phenoxy) is 1. The maximum Gasteiger partial charge on any atom is 0.573 e. The van der Waals surface area contributed by atoms with Gasteiger partial charge in [0.15, 0.2) is 11.4 Å². The number of hydrogen-bond donors (Lipinski definition) is 2. The minimum atomic E-state index is -4.92. The summed E-state index contributed by atoms with van der Waals surface area (Å²) in [5, 5.41) is 19.8. The van der Waals surface area contributed by atoms with Crippen LogP contribution in [0.25, 0.3) is 0 Å². The summed E-state index contributed by atoms with van der Waals surface area (Å²) in [4.78, 5) is 14.9. The third-order valence-corrected chi connectivity index (χ3v) is 2.59. The van der Waals surface area contributed by atoms with Crippen LogP contribution in [0, 0.1) is 11.5 Å². The summed E-state index contributed by atoms with van der Waals surface area (Å²) in [6, 6.07) is 2.70. The molecule has 21 heavy (non-hydrogen) atoms. The number of nitrogens with zero attached hydrogens (tertiary/aromatic N) is 2. The van der Waals surface area contributed by atoms with Crippen LogP contribution in [0.2, 0.25) is 0 Å². The standard InChI is InChI=1S/C11H8F3N3O3S/c1-21-10(16-5-15)17-8-3-2-6(20-11(12,13)14)4-7(8)9(18)19/h2-4H,1H3,(H,16,17)(H,18,19). The van der Waals surface area contributed by atoms with Crippen LogP contribution >= 0.6 is 11.8 Å². The highest BCUT2D eigenvalue weighted by Gasteiger charge is 2.31. The fourth-order valence-electron chi connectivity index (χ4n) is 1.26. The average Bonchev–Trinajstić information content (AvgIpc) is 2.37. The summed E-state index contributed by atoms with van der Waals surface area (Å²) >= 11 is 1.04. The molecule has 10 heteroatoms. The maximum absolute atomic E-state index is 12.1. The van der Waals surface area contributed by atoms with Crippen molar-refractivity contribution in [3.05, 3.63) is 23.8 Å². The van der Waals surface area contributed by atoms with E-state index in [2.05, 4.69) is 15.0 Å². The Kier molecular flexibility index (Phi) is 5.43. The summed E-state index contributed by atoms with van der Waals surface area (Å²) in [5.74, 6) is -2.14. The summed E-state index contributed by atoms with van der Waals surface area (Å²) in [6.07, 6.45) is -1.73. The van der Waals surface area contributed by atoms with Gasteiger partial charge in [-0.3, -0.25) is 5.32 Å². The first kappa shape index (κ1) is 16.6. The number of carboxylic acid groups (broad SMARTS) is 1. The van der Waals surface area contributed by atoms with Gasteiger partial charge in [-0.1, -0.05) is 11.8 Å². The van der Waals surface area contributed by atoms with E-state index in [0.717, 1.165) is 23.9 Å². The number of amidine groups is 1. The first-order valence-corrected chi connectivity index (χ1v) is 6.40. The second kappa shape index (κ2) is 6.85. The lowest BCUT2D eigenvalue weighted by atomic mass is 10.1. The Hall–Kier alpha value is -2.41. The lowest BCUT2D eigenvalue weighted by Gasteiger charge is -2.10. The molecule has 0 amide bonds. The van der Waals surface area contributed by atoms with Crippen molar-refractivity contribution in [3.63, 3.8) is 0 Å². The first-order valence-electron chi connectivity index (χ1n) is 5.17. The van der Waals surface area contributed by atoms with Crippen LogP contribution in [0.15, 0.2) is 23.2 Å². The van der Waals surface area contributed by atoms with Crippen LogP contribution < -0.4 is 10.1 Å². The predicted molar refractivity (Wildman–Crippen MR) is 69.4 cm³/mol. The highest BCUT2D eigenvalue weighted by molar-refractivity contribution is 8.13. The van der Waals surface area contributed by atoms with Gasteiger partial charge in [0.1, 0.15) is 5.75 Å². The van der Waals surface area contributed by atoms with Crippen molar-refractivity contribution in [1.82, 2.24) is 5.32 Å². The quantitative estimate of drug-likeness (QED) is 0.385. The van der Waals surface area contributed by atoms with Crippen molar-refractivity contribution in [2.24, 2.45) is 4.99 Å². The second-order valence-corrected chi connectivity index (χ2v) is 4.18. The van der Waals surface area contributed by atoms with Gasteiger partial charge in [0.25, 0.3) is 0 Å². The molecule has 0 atom stereocenters. The van der Waals surface area contributed by atoms with Crippen LogP contribution in [-0.4, -0.2) is 28.9 Å². The number of benzene rings is 1. The van der Waals surface area contributed by atoms with E-state index >= 15 is 0 Å². The molecule has 6 nitrogen and oxygen atoms in total. The van der Waals surface area contributed by atoms with E-state index in [1.165, 1.54) is 0 Å². The van der Waals surface area contributed by atoms with Crippen molar-refractivity contribution >= 4 is 28.6 Å². The smallest absolute Gasteiger partial charge is 0.478 e. The summed E-state index contributed by atoms with van der Waals surface area (Å²) in [5.41, 5.74) is -0.591. The van der Waals surface area contributed by atoms with E-state index in [-0.39, 0.29) is 10.9 Å². The number of aromatic carboxylic acids is 1. The number of hydrogen-bond acceptors (Lipinski definition) is 5. The van der Waals surface area contributed by atoms with Crippen molar-refractivity contribution in [1.29, 1.82) is 5.26 Å². The average molecular weight is 319 g/mol. The van der Waals surface area contributed by atoms with Crippen LogP contribution in [0.3, 0.4) is 0 Å². The Labute approximate surface area is 121 Å². The summed E-state index contributed by atoms with van der Waals surface area (Å²) < 4.78 is 39.9. The summed E-state index contributed by atoms with van der Waals surface area (Å²) in [6.45, 7) is 0. The zero-order chi connectivity index (χ0) is 16.0. The monoisotopic (exact) mass is 319 g/mol. The highest BCUT2D eigenvalue weighted by Crippen LogP contribution is 2.29. The Morgan fingerprint density at radius 1 is 1.52 bits per heavy atom. The van der Waals surface area contributed by atoms with E-state index in [1.54, 1.807) is 12.4 Å². The first-order chi connectivity index (χ1) is 9.76. The number of carboxylic acids is 1. The van der Waals surface area contributed by atoms with Crippen LogP contribution in [-0.2, 0) is 0 Å². The van der Waals surface area contributed by atoms with Crippen molar-refractivity contribution in [2.45, 2.75) is 6.36 Å². The Bertz CT molecular complexity index is 611. The molecule has 1 rings (SSSR count). The molecule has 0 heterocycles. The molecule has 112 valence electrons. The molecule has 0 aliphatic rings. The molecular formula is C11H8F3N3O3S. The molecule has 0 saturated heterocycles. The van der Waals surface area contributed by atoms with E-state index in [4.69, 9.17) is 10.4 Å². The molecule has 1 aromatic carbocycles. The molecule has 0 aromatic heterocycles. The fourth-order valence-corrected chi connectivity index (χ4v) is 1.60. The van der Waals surface area contributed by atoms with Gasteiger partial charge < -0.3 is 9.84 Å². The molecule has 0 unspecified atom stereocenters. The number of alkyl halides is 3. The topological polar surface area (TPSA) is 94.7 Å². The zero-order valence-corrected chi connectivity index (χ0v) is 11.2. The van der Waals surface area contributed by atoms with Crippen LogP contribution in [0.1, 0.15) is 10.4 Å². The van der Waals surface area contributed by atoms with E-state index in [9.17, 15) is 18.0 Å². The Morgan fingerprint density at radius 3 is 2.67 bits per heavy atom. The van der Waals surface area contributed by atoms with Gasteiger partial charge in [0.2, 0.25) is 0 Å². The third-order valence-electron chi connectivity index (χ3n) is 2.01. The lowest BCUT2D eigenvalue weighted by molar-refractivity contribution is -0.274. The minimum Gasteiger partial charge on any atom is -0.478 e. The van der Waals surface area contributed by atoms with Crippen molar-refractivity contribution in [3.8, 4) is 11.9 Å². The van der Waals surface area contributed by atoms with Crippen LogP contribution in [0.4, 0.5) is 18.9 Å². The third kappa shape index (κ3) is 5.23. The van der Waals surface area contributed by atoms with E-state index < -0.39 is 23.6 Å². The number of aliphatic imine (C=N–C) groups is 1. The molecule has 0 bridgehead atoms. The zero-order valence-electron chi connectivity index (χ0n) is 10.4. The molecule has 0 fully saturated rings. The van der Waals surface area contributed by atoms with Crippen molar-refractivity contribution in [2.75, 3.05) is 6.26 Å². The minimum absolute atomic E-state index is 0.101. The second-order valence-electron chi connectivity index (χ2n) is 3.39. The molecule has 2 N–H and O–H groups in total. The van der Waals surface area contributed by atoms with E-state index in [0.29, 0.717) is 6.07 Å². The van der Waals surface area contributed by atoms with Gasteiger partial charge in [-0.15, -0.1) is 13.2 Å². The predicted octanol–water partition coefficient (Wildman–Crippen LogP) is 2.70. The van der Waals surface area contributed by atoms with Gasteiger partial charge in [0, 0.05) is 0 Å². The van der Waals surface area contributed by atoms with Crippen LogP contribution in [0.5, 0.6) is 5.75 Å². The van der Waals surface area contributed by atoms with E-state index in [1.807, 2.05) is 0 Å². The van der Waals surface area contributed by atoms with Gasteiger partial charge in [-0.2, -0.15) is 5.26 Å². The number of carbonyl (C=O) groups is 1. The molecule has 0 aliphatic carbocycles. The number of nitrogens with one attached hydrogen (secondary N) is 1. The van der Waals surface area contributed by atoms with Gasteiger partial charge >= 0.3 is 12.3 Å². The molecule has 0 aliphatic heterocycles. The highest BCUT2D eigenvalue weighted by atomic mass is 32.2. The molecule has 0 saturated carbocycles. The van der Waals surface area contributed by atoms with Gasteiger partial charge in [0.05, 0.1) is 11.3 Å². The Morgan fingerprint density at radius 2 is 2.19 bits per heavy atom. The Balaban J connectivity index is 3.23. The number of nitriles is 1. The lowest BCUT2D eigenvalue weighted by Crippen LogP contribution is -2.17. The molecule has 1 aromatic rings. The number of halogens is 3. The molecular weight excluding hydrogens is 311 g/mol. The number of rotatable bonds is 3. The normalized spacial score (nSPS) is 11.7.